The maximum Gasteiger partial charge on any atom is 0.224 e. The zero-order chi connectivity index (χ0) is 15.3. The number of hydrogen-bond donors (Lipinski definition) is 1. The Morgan fingerprint density at radius 1 is 1.38 bits per heavy atom. The third-order valence-electron chi connectivity index (χ3n) is 3.69. The summed E-state index contributed by atoms with van der Waals surface area (Å²) in [4.78, 5) is 11.7. The van der Waals surface area contributed by atoms with Crippen molar-refractivity contribution in [2.24, 2.45) is 5.92 Å². The summed E-state index contributed by atoms with van der Waals surface area (Å²) in [7, 11) is -2.82. The highest BCUT2D eigenvalue weighted by Crippen LogP contribution is 2.22. The second kappa shape index (κ2) is 7.02. The van der Waals surface area contributed by atoms with E-state index in [0.29, 0.717) is 17.9 Å². The molecule has 1 N–H and O–H groups in total. The molecule has 0 saturated carbocycles. The Hall–Kier alpha value is -1.43. The van der Waals surface area contributed by atoms with Crippen LogP contribution in [0.4, 0.5) is 4.39 Å². The first-order valence-electron chi connectivity index (χ1n) is 7.16. The van der Waals surface area contributed by atoms with Gasteiger partial charge in [-0.3, -0.25) is 4.79 Å². The number of halogens is 1. The van der Waals surface area contributed by atoms with E-state index in [9.17, 15) is 17.6 Å². The van der Waals surface area contributed by atoms with Gasteiger partial charge in [0.1, 0.15) is 5.82 Å². The molecule has 0 bridgehead atoms. The van der Waals surface area contributed by atoms with Crippen molar-refractivity contribution in [3.8, 4) is 0 Å². The Morgan fingerprint density at radius 3 is 2.86 bits per heavy atom. The predicted octanol–water partition coefficient (Wildman–Crippen LogP) is 1.70. The van der Waals surface area contributed by atoms with E-state index in [-0.39, 0.29) is 29.8 Å². The highest BCUT2D eigenvalue weighted by molar-refractivity contribution is 7.91. The molecule has 1 aromatic carbocycles. The fraction of sp³-hybridized carbons (Fsp3) is 0.533. The largest absolute Gasteiger partial charge is 0.356 e. The summed E-state index contributed by atoms with van der Waals surface area (Å²) < 4.78 is 35.6. The quantitative estimate of drug-likeness (QED) is 0.813. The molecule has 6 heteroatoms. The van der Waals surface area contributed by atoms with Gasteiger partial charge >= 0.3 is 0 Å². The van der Waals surface area contributed by atoms with Gasteiger partial charge in [-0.1, -0.05) is 12.1 Å². The summed E-state index contributed by atoms with van der Waals surface area (Å²) in [6, 6.07) is 5.99. The van der Waals surface area contributed by atoms with Crippen LogP contribution in [-0.4, -0.2) is 32.4 Å². The second-order valence-corrected chi connectivity index (χ2v) is 7.80. The van der Waals surface area contributed by atoms with E-state index in [4.69, 9.17) is 0 Å². The van der Waals surface area contributed by atoms with Gasteiger partial charge in [-0.15, -0.1) is 0 Å². The standard InChI is InChI=1S/C15H20FNO3S/c16-14-5-1-3-13(9-14)10-15(18)17-7-2-4-12-6-8-21(19,20)11-12/h1,3,5,9,12H,2,4,6-8,10-11H2,(H,17,18). The fourth-order valence-electron chi connectivity index (χ4n) is 2.61. The maximum atomic E-state index is 13.0. The number of amides is 1. The third kappa shape index (κ3) is 5.46. The summed E-state index contributed by atoms with van der Waals surface area (Å²) in [5.74, 6) is 0.325. The van der Waals surface area contributed by atoms with Crippen molar-refractivity contribution in [2.45, 2.75) is 25.7 Å². The average molecular weight is 313 g/mol. The molecule has 0 aliphatic carbocycles. The molecule has 1 aromatic rings. The summed E-state index contributed by atoms with van der Waals surface area (Å²) in [6.45, 7) is 0.532. The Balaban J connectivity index is 1.64. The average Bonchev–Trinajstić information content (AvgIpc) is 2.74. The molecule has 1 unspecified atom stereocenters. The molecule has 116 valence electrons. The lowest BCUT2D eigenvalue weighted by Crippen LogP contribution is -2.26. The summed E-state index contributed by atoms with van der Waals surface area (Å²) in [6.07, 6.45) is 2.49. The van der Waals surface area contributed by atoms with Crippen LogP contribution in [0.25, 0.3) is 0 Å². The molecular formula is C15H20FNO3S. The zero-order valence-corrected chi connectivity index (χ0v) is 12.7. The lowest BCUT2D eigenvalue weighted by molar-refractivity contribution is -0.120. The number of rotatable bonds is 6. The number of hydrogen-bond acceptors (Lipinski definition) is 3. The first-order valence-corrected chi connectivity index (χ1v) is 8.98. The van der Waals surface area contributed by atoms with Crippen molar-refractivity contribution < 1.29 is 17.6 Å². The minimum absolute atomic E-state index is 0.139. The minimum atomic E-state index is -2.82. The molecule has 0 aromatic heterocycles. The lowest BCUT2D eigenvalue weighted by atomic mass is 10.0. The Kier molecular flexibility index (Phi) is 5.33. The first-order chi connectivity index (χ1) is 9.94. The molecule has 1 atom stereocenters. The fourth-order valence-corrected chi connectivity index (χ4v) is 4.52. The molecule has 2 rings (SSSR count). The van der Waals surface area contributed by atoms with Crippen molar-refractivity contribution in [2.75, 3.05) is 18.1 Å². The van der Waals surface area contributed by atoms with E-state index < -0.39 is 9.84 Å². The van der Waals surface area contributed by atoms with Crippen LogP contribution in [0.15, 0.2) is 24.3 Å². The van der Waals surface area contributed by atoms with E-state index >= 15 is 0 Å². The van der Waals surface area contributed by atoms with Crippen LogP contribution in [-0.2, 0) is 21.1 Å². The van der Waals surface area contributed by atoms with Gasteiger partial charge < -0.3 is 5.32 Å². The van der Waals surface area contributed by atoms with E-state index in [0.717, 1.165) is 19.3 Å². The van der Waals surface area contributed by atoms with Gasteiger partial charge in [0.25, 0.3) is 0 Å². The van der Waals surface area contributed by atoms with Gasteiger partial charge in [0.15, 0.2) is 9.84 Å². The van der Waals surface area contributed by atoms with E-state index in [2.05, 4.69) is 5.32 Å². The number of sulfone groups is 1. The Morgan fingerprint density at radius 2 is 2.19 bits per heavy atom. The maximum absolute atomic E-state index is 13.0. The number of benzene rings is 1. The van der Waals surface area contributed by atoms with E-state index in [1.165, 1.54) is 12.1 Å². The van der Waals surface area contributed by atoms with Gasteiger partial charge in [-0.25, -0.2) is 12.8 Å². The van der Waals surface area contributed by atoms with Crippen molar-refractivity contribution in [3.05, 3.63) is 35.6 Å². The Bertz CT molecular complexity index is 601. The number of carbonyl (C=O) groups excluding carboxylic acids is 1. The van der Waals surface area contributed by atoms with Gasteiger partial charge in [0, 0.05) is 6.54 Å². The van der Waals surface area contributed by atoms with E-state index in [1.807, 2.05) is 0 Å². The summed E-state index contributed by atoms with van der Waals surface area (Å²) in [5, 5.41) is 2.78. The Labute approximate surface area is 124 Å². The number of carbonyl (C=O) groups is 1. The molecule has 1 aliphatic heterocycles. The van der Waals surface area contributed by atoms with Crippen LogP contribution >= 0.6 is 0 Å². The zero-order valence-electron chi connectivity index (χ0n) is 11.8. The second-order valence-electron chi connectivity index (χ2n) is 5.57. The van der Waals surface area contributed by atoms with E-state index in [1.54, 1.807) is 12.1 Å². The molecule has 1 fully saturated rings. The monoisotopic (exact) mass is 313 g/mol. The van der Waals surface area contributed by atoms with Crippen LogP contribution in [0.1, 0.15) is 24.8 Å². The predicted molar refractivity (Wildman–Crippen MR) is 79.1 cm³/mol. The summed E-state index contributed by atoms with van der Waals surface area (Å²) >= 11 is 0. The summed E-state index contributed by atoms with van der Waals surface area (Å²) in [5.41, 5.74) is 0.648. The van der Waals surface area contributed by atoms with Crippen molar-refractivity contribution in [1.82, 2.24) is 5.32 Å². The van der Waals surface area contributed by atoms with Crippen molar-refractivity contribution in [3.63, 3.8) is 0 Å². The molecule has 0 spiro atoms. The third-order valence-corrected chi connectivity index (χ3v) is 5.53. The molecule has 1 saturated heterocycles. The van der Waals surface area contributed by atoms with Gasteiger partial charge in [0.2, 0.25) is 5.91 Å². The van der Waals surface area contributed by atoms with Crippen LogP contribution in [0.2, 0.25) is 0 Å². The highest BCUT2D eigenvalue weighted by Gasteiger charge is 2.27. The van der Waals surface area contributed by atoms with Crippen LogP contribution in [0, 0.1) is 11.7 Å². The van der Waals surface area contributed by atoms with Crippen LogP contribution in [0.5, 0.6) is 0 Å². The SMILES string of the molecule is O=C(Cc1cccc(F)c1)NCCCC1CCS(=O)(=O)C1. The highest BCUT2D eigenvalue weighted by atomic mass is 32.2. The van der Waals surface area contributed by atoms with Gasteiger partial charge in [0.05, 0.1) is 17.9 Å². The van der Waals surface area contributed by atoms with Crippen LogP contribution in [0.3, 0.4) is 0 Å². The van der Waals surface area contributed by atoms with Crippen molar-refractivity contribution >= 4 is 15.7 Å². The minimum Gasteiger partial charge on any atom is -0.356 e. The molecule has 0 radical (unpaired) electrons. The molecule has 4 nitrogen and oxygen atoms in total. The van der Waals surface area contributed by atoms with Crippen molar-refractivity contribution in [1.29, 1.82) is 0 Å². The van der Waals surface area contributed by atoms with Gasteiger partial charge in [-0.2, -0.15) is 0 Å². The molecule has 1 amide bonds. The lowest BCUT2D eigenvalue weighted by Gasteiger charge is -2.08. The smallest absolute Gasteiger partial charge is 0.224 e. The topological polar surface area (TPSA) is 63.2 Å². The normalized spacial score (nSPS) is 20.3. The van der Waals surface area contributed by atoms with Crippen LogP contribution < -0.4 is 5.32 Å². The first kappa shape index (κ1) is 15.9. The molecular weight excluding hydrogens is 293 g/mol. The number of nitrogens with one attached hydrogen (secondary N) is 1. The molecule has 1 heterocycles. The molecule has 1 aliphatic rings. The van der Waals surface area contributed by atoms with Gasteiger partial charge in [-0.05, 0) is 42.9 Å². The molecule has 21 heavy (non-hydrogen) atoms.